The minimum Gasteiger partial charge on any atom is -0.356 e. The highest BCUT2D eigenvalue weighted by atomic mass is 79.9. The molecule has 0 amide bonds. The molecule has 0 radical (unpaired) electrons. The Balaban J connectivity index is 1.78. The lowest BCUT2D eigenvalue weighted by Gasteiger charge is -2.23. The number of aromatic nitrogens is 1. The van der Waals surface area contributed by atoms with Gasteiger partial charge in [-0.3, -0.25) is 0 Å². The van der Waals surface area contributed by atoms with Crippen LogP contribution in [0.5, 0.6) is 0 Å². The average molecular weight is 324 g/mol. The molecular weight excluding hydrogens is 302 g/mol. The molecule has 1 N–H and O–H groups in total. The third kappa shape index (κ3) is 3.29. The van der Waals surface area contributed by atoms with Gasteiger partial charge in [0.25, 0.3) is 0 Å². The maximum atomic E-state index is 4.66. The molecule has 2 fully saturated rings. The van der Waals surface area contributed by atoms with Gasteiger partial charge in [-0.25, -0.2) is 4.98 Å². The Kier molecular flexibility index (Phi) is 3.56. The predicted molar refractivity (Wildman–Crippen MR) is 82.4 cm³/mol. The summed E-state index contributed by atoms with van der Waals surface area (Å²) >= 11 is 3.54. The molecule has 19 heavy (non-hydrogen) atoms. The van der Waals surface area contributed by atoms with Crippen LogP contribution in [0.25, 0.3) is 0 Å². The van der Waals surface area contributed by atoms with E-state index in [0.717, 1.165) is 30.1 Å². The molecule has 2 heterocycles. The molecule has 1 saturated carbocycles. The number of hydrogen-bond acceptors (Lipinski definition) is 3. The summed E-state index contributed by atoms with van der Waals surface area (Å²) in [6, 6.07) is 2.95. The largest absolute Gasteiger partial charge is 0.356 e. The molecule has 3 rings (SSSR count). The van der Waals surface area contributed by atoms with Crippen molar-refractivity contribution in [2.75, 3.05) is 18.0 Å². The van der Waals surface area contributed by atoms with Crippen molar-refractivity contribution >= 4 is 21.7 Å². The summed E-state index contributed by atoms with van der Waals surface area (Å²) < 4.78 is 1.07. The van der Waals surface area contributed by atoms with Crippen LogP contribution in [0.1, 0.15) is 38.7 Å². The Bertz CT molecular complexity index is 468. The van der Waals surface area contributed by atoms with Crippen LogP contribution in [0, 0.1) is 5.41 Å². The minimum absolute atomic E-state index is 0.413. The highest BCUT2D eigenvalue weighted by Gasteiger charge is 2.31. The predicted octanol–water partition coefficient (Wildman–Crippen LogP) is 3.33. The normalized spacial score (nSPS) is 21.9. The van der Waals surface area contributed by atoms with Gasteiger partial charge in [-0.15, -0.1) is 0 Å². The Morgan fingerprint density at radius 3 is 2.89 bits per heavy atom. The van der Waals surface area contributed by atoms with Crippen molar-refractivity contribution in [3.63, 3.8) is 0 Å². The molecule has 0 bridgehead atoms. The number of halogens is 1. The average Bonchev–Trinajstić information content (AvgIpc) is 3.10. The molecule has 0 unspecified atom stereocenters. The van der Waals surface area contributed by atoms with E-state index in [2.05, 4.69) is 51.0 Å². The van der Waals surface area contributed by atoms with Crippen LogP contribution in [0.3, 0.4) is 0 Å². The molecule has 2 aliphatic rings. The lowest BCUT2D eigenvalue weighted by Crippen LogP contribution is -2.26. The standard InChI is InChI=1S/C15H22BrN3/c1-15(2)5-6-19(10-15)14-11(7-12(16)9-18-14)8-17-13-3-4-13/h7,9,13,17H,3-6,8,10H2,1-2H3. The van der Waals surface area contributed by atoms with Gasteiger partial charge in [0.15, 0.2) is 0 Å². The molecule has 1 aromatic heterocycles. The lowest BCUT2D eigenvalue weighted by molar-refractivity contribution is 0.418. The van der Waals surface area contributed by atoms with Crippen LogP contribution in [0.4, 0.5) is 5.82 Å². The fraction of sp³-hybridized carbons (Fsp3) is 0.667. The first kappa shape index (κ1) is 13.4. The second kappa shape index (κ2) is 5.06. The van der Waals surface area contributed by atoms with Crippen molar-refractivity contribution < 1.29 is 0 Å². The summed E-state index contributed by atoms with van der Waals surface area (Å²) in [6.07, 6.45) is 5.82. The SMILES string of the molecule is CC1(C)CCN(c2ncc(Br)cc2CNC2CC2)C1. The van der Waals surface area contributed by atoms with E-state index < -0.39 is 0 Å². The third-order valence-electron chi connectivity index (χ3n) is 4.04. The van der Waals surface area contributed by atoms with Gasteiger partial charge in [0.2, 0.25) is 0 Å². The first-order valence-electron chi connectivity index (χ1n) is 7.16. The van der Waals surface area contributed by atoms with Gasteiger partial charge in [0.05, 0.1) is 0 Å². The molecule has 104 valence electrons. The van der Waals surface area contributed by atoms with E-state index in [1.165, 1.54) is 30.6 Å². The van der Waals surface area contributed by atoms with Gasteiger partial charge in [0.1, 0.15) is 5.82 Å². The number of anilines is 1. The van der Waals surface area contributed by atoms with E-state index in [1.54, 1.807) is 0 Å². The van der Waals surface area contributed by atoms with E-state index in [1.807, 2.05) is 6.20 Å². The summed E-state index contributed by atoms with van der Waals surface area (Å²) in [5, 5.41) is 3.60. The van der Waals surface area contributed by atoms with Gasteiger partial charge in [-0.1, -0.05) is 13.8 Å². The Morgan fingerprint density at radius 1 is 1.47 bits per heavy atom. The second-order valence-electron chi connectivity index (χ2n) is 6.63. The van der Waals surface area contributed by atoms with Gasteiger partial charge in [-0.05, 0) is 46.7 Å². The zero-order valence-electron chi connectivity index (χ0n) is 11.7. The van der Waals surface area contributed by atoms with Crippen molar-refractivity contribution in [1.29, 1.82) is 0 Å². The molecule has 3 nitrogen and oxygen atoms in total. The zero-order valence-corrected chi connectivity index (χ0v) is 13.3. The number of hydrogen-bond donors (Lipinski definition) is 1. The van der Waals surface area contributed by atoms with Crippen molar-refractivity contribution in [2.24, 2.45) is 5.41 Å². The molecule has 4 heteroatoms. The van der Waals surface area contributed by atoms with Gasteiger partial charge in [-0.2, -0.15) is 0 Å². The summed E-state index contributed by atoms with van der Waals surface area (Å²) in [5.41, 5.74) is 1.73. The van der Waals surface area contributed by atoms with Crippen molar-refractivity contribution in [1.82, 2.24) is 10.3 Å². The quantitative estimate of drug-likeness (QED) is 0.921. The summed E-state index contributed by atoms with van der Waals surface area (Å²) in [7, 11) is 0. The van der Waals surface area contributed by atoms with Crippen LogP contribution in [-0.2, 0) is 6.54 Å². The summed E-state index contributed by atoms with van der Waals surface area (Å²) in [5.74, 6) is 1.17. The van der Waals surface area contributed by atoms with Crippen LogP contribution < -0.4 is 10.2 Å². The number of nitrogens with zero attached hydrogens (tertiary/aromatic N) is 2. The minimum atomic E-state index is 0.413. The zero-order chi connectivity index (χ0) is 13.5. The van der Waals surface area contributed by atoms with Crippen molar-refractivity contribution in [3.05, 3.63) is 22.3 Å². The smallest absolute Gasteiger partial charge is 0.133 e. The first-order valence-corrected chi connectivity index (χ1v) is 7.96. The Morgan fingerprint density at radius 2 is 2.26 bits per heavy atom. The summed E-state index contributed by atoms with van der Waals surface area (Å²) in [4.78, 5) is 7.10. The van der Waals surface area contributed by atoms with E-state index >= 15 is 0 Å². The maximum absolute atomic E-state index is 4.66. The van der Waals surface area contributed by atoms with Crippen LogP contribution in [0.2, 0.25) is 0 Å². The third-order valence-corrected chi connectivity index (χ3v) is 4.48. The Hall–Kier alpha value is -0.610. The first-order chi connectivity index (χ1) is 9.03. The van der Waals surface area contributed by atoms with E-state index in [-0.39, 0.29) is 0 Å². The highest BCUT2D eigenvalue weighted by molar-refractivity contribution is 9.10. The number of rotatable bonds is 4. The number of pyridine rings is 1. The molecule has 0 atom stereocenters. The van der Waals surface area contributed by atoms with E-state index in [9.17, 15) is 0 Å². The topological polar surface area (TPSA) is 28.2 Å². The molecule has 1 aromatic rings. The molecule has 1 aliphatic heterocycles. The van der Waals surface area contributed by atoms with E-state index in [4.69, 9.17) is 0 Å². The molecule has 1 saturated heterocycles. The lowest BCUT2D eigenvalue weighted by atomic mass is 9.93. The highest BCUT2D eigenvalue weighted by Crippen LogP contribution is 2.34. The molecule has 1 aliphatic carbocycles. The van der Waals surface area contributed by atoms with Crippen LogP contribution in [0.15, 0.2) is 16.7 Å². The molecular formula is C15H22BrN3. The van der Waals surface area contributed by atoms with Crippen molar-refractivity contribution in [3.8, 4) is 0 Å². The van der Waals surface area contributed by atoms with Gasteiger partial charge >= 0.3 is 0 Å². The van der Waals surface area contributed by atoms with Crippen LogP contribution in [-0.4, -0.2) is 24.1 Å². The second-order valence-corrected chi connectivity index (χ2v) is 7.54. The van der Waals surface area contributed by atoms with Crippen molar-refractivity contribution in [2.45, 2.75) is 45.7 Å². The van der Waals surface area contributed by atoms with Gasteiger partial charge < -0.3 is 10.2 Å². The summed E-state index contributed by atoms with van der Waals surface area (Å²) in [6.45, 7) is 7.85. The van der Waals surface area contributed by atoms with E-state index in [0.29, 0.717) is 5.41 Å². The van der Waals surface area contributed by atoms with Crippen LogP contribution >= 0.6 is 15.9 Å². The molecule has 0 spiro atoms. The Labute approximate surface area is 123 Å². The fourth-order valence-corrected chi connectivity index (χ4v) is 3.10. The number of nitrogens with one attached hydrogen (secondary N) is 1. The monoisotopic (exact) mass is 323 g/mol. The molecule has 0 aromatic carbocycles. The fourth-order valence-electron chi connectivity index (χ4n) is 2.72. The maximum Gasteiger partial charge on any atom is 0.133 e. The van der Waals surface area contributed by atoms with Gasteiger partial charge in [0, 0.05) is 41.9 Å².